The summed E-state index contributed by atoms with van der Waals surface area (Å²) in [6.45, 7) is 9.07. The monoisotopic (exact) mass is 312 g/mol. The second-order valence-corrected chi connectivity index (χ2v) is 7.60. The quantitative estimate of drug-likeness (QED) is 0.904. The molecule has 1 rings (SSSR count). The van der Waals surface area contributed by atoms with Gasteiger partial charge in [0.15, 0.2) is 0 Å². The molecule has 1 aromatic rings. The van der Waals surface area contributed by atoms with Crippen molar-refractivity contribution >= 4 is 21.6 Å². The van der Waals surface area contributed by atoms with E-state index in [-0.39, 0.29) is 11.9 Å². The fraction of sp³-hybridized carbons (Fsp3) is 0.533. The lowest BCUT2D eigenvalue weighted by molar-refractivity contribution is -0.122. The number of amides is 1. The van der Waals surface area contributed by atoms with Gasteiger partial charge in [0.2, 0.25) is 15.9 Å². The van der Waals surface area contributed by atoms with Crippen LogP contribution in [-0.2, 0) is 14.8 Å². The molecular formula is C15H24N2O3S. The van der Waals surface area contributed by atoms with Gasteiger partial charge in [0.1, 0.15) is 6.04 Å². The van der Waals surface area contributed by atoms with Crippen LogP contribution in [0.4, 0.5) is 5.69 Å². The molecule has 0 aromatic heterocycles. The van der Waals surface area contributed by atoms with Crippen molar-refractivity contribution in [3.63, 3.8) is 0 Å². The highest BCUT2D eigenvalue weighted by Gasteiger charge is 2.29. The van der Waals surface area contributed by atoms with Crippen LogP contribution in [-0.4, -0.2) is 32.7 Å². The van der Waals surface area contributed by atoms with Crippen LogP contribution in [0.2, 0.25) is 0 Å². The van der Waals surface area contributed by atoms with E-state index < -0.39 is 16.1 Å². The third kappa shape index (κ3) is 4.74. The Bertz CT molecular complexity index is 604. The predicted octanol–water partition coefficient (Wildman–Crippen LogP) is 1.98. The van der Waals surface area contributed by atoms with Gasteiger partial charge in [0.05, 0.1) is 11.9 Å². The Morgan fingerprint density at radius 2 is 1.57 bits per heavy atom. The number of sulfonamides is 1. The average Bonchev–Trinajstić information content (AvgIpc) is 2.24. The van der Waals surface area contributed by atoms with E-state index in [0.717, 1.165) is 17.4 Å². The number of aryl methyl sites for hydroxylation is 2. The standard InChI is InChI=1S/C15H24N2O3S/c1-10(2)16-15(18)13(5)17(21(6,19)20)14-8-11(3)7-12(4)9-14/h7-10,13H,1-6H3,(H,16,18)/t13-/m0/s1. The van der Waals surface area contributed by atoms with E-state index >= 15 is 0 Å². The summed E-state index contributed by atoms with van der Waals surface area (Å²) in [7, 11) is -3.56. The zero-order valence-corrected chi connectivity index (χ0v) is 14.3. The highest BCUT2D eigenvalue weighted by Crippen LogP contribution is 2.23. The van der Waals surface area contributed by atoms with Crippen molar-refractivity contribution in [2.45, 2.75) is 46.7 Å². The number of hydrogen-bond acceptors (Lipinski definition) is 3. The van der Waals surface area contributed by atoms with Gasteiger partial charge in [0, 0.05) is 6.04 Å². The minimum Gasteiger partial charge on any atom is -0.352 e. The summed E-state index contributed by atoms with van der Waals surface area (Å²) < 4.78 is 25.4. The van der Waals surface area contributed by atoms with Crippen molar-refractivity contribution in [3.8, 4) is 0 Å². The molecule has 0 aliphatic rings. The van der Waals surface area contributed by atoms with Crippen LogP contribution in [0.1, 0.15) is 31.9 Å². The highest BCUT2D eigenvalue weighted by atomic mass is 32.2. The van der Waals surface area contributed by atoms with Gasteiger partial charge in [0.25, 0.3) is 0 Å². The topological polar surface area (TPSA) is 66.5 Å². The van der Waals surface area contributed by atoms with E-state index in [4.69, 9.17) is 0 Å². The lowest BCUT2D eigenvalue weighted by atomic mass is 10.1. The smallest absolute Gasteiger partial charge is 0.243 e. The zero-order valence-electron chi connectivity index (χ0n) is 13.5. The molecule has 0 saturated carbocycles. The van der Waals surface area contributed by atoms with Gasteiger partial charge in [-0.3, -0.25) is 9.10 Å². The Labute approximate surface area is 127 Å². The first kappa shape index (κ1) is 17.5. The second-order valence-electron chi connectivity index (χ2n) is 5.74. The molecular weight excluding hydrogens is 288 g/mol. The fourth-order valence-electron chi connectivity index (χ4n) is 2.29. The second kappa shape index (κ2) is 6.47. The SMILES string of the molecule is Cc1cc(C)cc(N([C@@H](C)C(=O)NC(C)C)S(C)(=O)=O)c1. The van der Waals surface area contributed by atoms with Crippen molar-refractivity contribution in [1.29, 1.82) is 0 Å². The zero-order chi connectivity index (χ0) is 16.4. The molecule has 1 N–H and O–H groups in total. The first-order chi connectivity index (χ1) is 9.52. The van der Waals surface area contributed by atoms with E-state index in [9.17, 15) is 13.2 Å². The van der Waals surface area contributed by atoms with Gasteiger partial charge in [-0.25, -0.2) is 8.42 Å². The Hall–Kier alpha value is -1.56. The van der Waals surface area contributed by atoms with Crippen molar-refractivity contribution < 1.29 is 13.2 Å². The Balaban J connectivity index is 3.27. The Morgan fingerprint density at radius 1 is 1.10 bits per heavy atom. The maximum Gasteiger partial charge on any atom is 0.243 e. The maximum atomic E-state index is 12.2. The molecule has 5 nitrogen and oxygen atoms in total. The maximum absolute atomic E-state index is 12.2. The van der Waals surface area contributed by atoms with Crippen molar-refractivity contribution in [3.05, 3.63) is 29.3 Å². The average molecular weight is 312 g/mol. The normalized spacial score (nSPS) is 13.1. The number of carbonyl (C=O) groups excluding carboxylic acids is 1. The van der Waals surface area contributed by atoms with Gasteiger partial charge in [-0.05, 0) is 57.9 Å². The van der Waals surface area contributed by atoms with Crippen molar-refractivity contribution in [2.24, 2.45) is 0 Å². The highest BCUT2D eigenvalue weighted by molar-refractivity contribution is 7.92. The summed E-state index contributed by atoms with van der Waals surface area (Å²) in [5, 5.41) is 2.75. The van der Waals surface area contributed by atoms with E-state index in [0.29, 0.717) is 5.69 Å². The van der Waals surface area contributed by atoms with Gasteiger partial charge in [-0.2, -0.15) is 0 Å². The molecule has 1 amide bonds. The lowest BCUT2D eigenvalue weighted by Gasteiger charge is -2.29. The number of nitrogens with zero attached hydrogens (tertiary/aromatic N) is 1. The van der Waals surface area contributed by atoms with E-state index in [1.54, 1.807) is 19.1 Å². The Morgan fingerprint density at radius 3 is 1.95 bits per heavy atom. The van der Waals surface area contributed by atoms with Crippen LogP contribution >= 0.6 is 0 Å². The predicted molar refractivity (Wildman–Crippen MR) is 86.0 cm³/mol. The molecule has 0 heterocycles. The Kier molecular flexibility index (Phi) is 5.39. The molecule has 0 fully saturated rings. The number of anilines is 1. The molecule has 0 bridgehead atoms. The molecule has 0 aliphatic carbocycles. The summed E-state index contributed by atoms with van der Waals surface area (Å²) in [5.41, 5.74) is 2.42. The number of hydrogen-bond donors (Lipinski definition) is 1. The molecule has 0 unspecified atom stereocenters. The molecule has 0 radical (unpaired) electrons. The number of rotatable bonds is 5. The van der Waals surface area contributed by atoms with Crippen LogP contribution < -0.4 is 9.62 Å². The summed E-state index contributed by atoms with van der Waals surface area (Å²) in [6.07, 6.45) is 1.11. The largest absolute Gasteiger partial charge is 0.352 e. The summed E-state index contributed by atoms with van der Waals surface area (Å²) in [5.74, 6) is -0.311. The van der Waals surface area contributed by atoms with Crippen LogP contribution in [0.15, 0.2) is 18.2 Å². The van der Waals surface area contributed by atoms with E-state index in [1.807, 2.05) is 33.8 Å². The van der Waals surface area contributed by atoms with Gasteiger partial charge in [-0.15, -0.1) is 0 Å². The molecule has 6 heteroatoms. The third-order valence-electron chi connectivity index (χ3n) is 2.98. The minimum absolute atomic E-state index is 0.0411. The van der Waals surface area contributed by atoms with E-state index in [2.05, 4.69) is 5.32 Å². The van der Waals surface area contributed by atoms with Crippen LogP contribution in [0.5, 0.6) is 0 Å². The molecule has 1 atom stereocenters. The molecule has 21 heavy (non-hydrogen) atoms. The minimum atomic E-state index is -3.56. The summed E-state index contributed by atoms with van der Waals surface area (Å²) >= 11 is 0. The molecule has 0 aliphatic heterocycles. The van der Waals surface area contributed by atoms with Crippen molar-refractivity contribution in [1.82, 2.24) is 5.32 Å². The third-order valence-corrected chi connectivity index (χ3v) is 4.22. The fourth-order valence-corrected chi connectivity index (χ4v) is 3.45. The molecule has 1 aromatic carbocycles. The lowest BCUT2D eigenvalue weighted by Crippen LogP contribution is -2.49. The summed E-state index contributed by atoms with van der Waals surface area (Å²) in [6, 6.07) is 4.66. The van der Waals surface area contributed by atoms with Crippen LogP contribution in [0.25, 0.3) is 0 Å². The first-order valence-electron chi connectivity index (χ1n) is 6.90. The van der Waals surface area contributed by atoms with Crippen LogP contribution in [0, 0.1) is 13.8 Å². The number of carbonyl (C=O) groups is 1. The van der Waals surface area contributed by atoms with E-state index in [1.165, 1.54) is 4.31 Å². The van der Waals surface area contributed by atoms with Gasteiger partial charge < -0.3 is 5.32 Å². The number of benzene rings is 1. The van der Waals surface area contributed by atoms with Gasteiger partial charge in [-0.1, -0.05) is 6.07 Å². The molecule has 0 saturated heterocycles. The molecule has 118 valence electrons. The van der Waals surface area contributed by atoms with Gasteiger partial charge >= 0.3 is 0 Å². The first-order valence-corrected chi connectivity index (χ1v) is 8.75. The van der Waals surface area contributed by atoms with Crippen LogP contribution in [0.3, 0.4) is 0 Å². The summed E-state index contributed by atoms with van der Waals surface area (Å²) in [4.78, 5) is 12.2. The molecule has 0 spiro atoms. The van der Waals surface area contributed by atoms with Crippen molar-refractivity contribution in [2.75, 3.05) is 10.6 Å². The number of nitrogens with one attached hydrogen (secondary N) is 1.